The number of aromatic nitrogens is 1. The van der Waals surface area contributed by atoms with Crippen LogP contribution < -0.4 is 11.2 Å². The lowest BCUT2D eigenvalue weighted by molar-refractivity contribution is -0.384. The van der Waals surface area contributed by atoms with Crippen molar-refractivity contribution >= 4 is 40.1 Å². The van der Waals surface area contributed by atoms with Gasteiger partial charge in [0.15, 0.2) is 11.3 Å². The molecule has 0 unspecified atom stereocenters. The number of fused-ring (bicyclic) bond motifs is 1. The molecule has 1 aromatic carbocycles. The average molecular weight is 395 g/mol. The second-order valence-electron chi connectivity index (χ2n) is 5.96. The first-order chi connectivity index (χ1) is 12.8. The first kappa shape index (κ1) is 19.1. The summed E-state index contributed by atoms with van der Waals surface area (Å²) in [5.41, 5.74) is 8.49. The van der Waals surface area contributed by atoms with E-state index in [4.69, 9.17) is 10.5 Å². The number of hydrogen-bond acceptors (Lipinski definition) is 8. The Bertz CT molecular complexity index is 915. The molecule has 0 aliphatic carbocycles. The molecular formula is C15H17N5O6S. The minimum absolute atomic E-state index is 0.0335. The Balaban J connectivity index is 2.09. The molecule has 12 heteroatoms. The number of non-ortho nitro benzene ring substituents is 1. The molecule has 1 aliphatic rings. The number of nitrogens with zero attached hydrogens (tertiary/aromatic N) is 3. The second kappa shape index (κ2) is 7.54. The largest absolute Gasteiger partial charge is 0.388 e. The van der Waals surface area contributed by atoms with E-state index in [1.54, 1.807) is 6.20 Å². The van der Waals surface area contributed by atoms with Gasteiger partial charge in [-0.25, -0.2) is 0 Å². The highest BCUT2D eigenvalue weighted by atomic mass is 32.1. The molecule has 144 valence electrons. The van der Waals surface area contributed by atoms with E-state index in [2.05, 4.69) is 22.7 Å². The van der Waals surface area contributed by atoms with Crippen LogP contribution in [0.2, 0.25) is 0 Å². The number of nitro groups is 1. The summed E-state index contributed by atoms with van der Waals surface area (Å²) >= 11 is 4.67. The van der Waals surface area contributed by atoms with Crippen molar-refractivity contribution < 1.29 is 25.0 Å². The number of aliphatic hydroxyl groups excluding tert-OH is 3. The van der Waals surface area contributed by atoms with Crippen molar-refractivity contribution in [3.05, 3.63) is 40.1 Å². The van der Waals surface area contributed by atoms with Gasteiger partial charge < -0.3 is 30.4 Å². The number of hydrazone groups is 1. The monoisotopic (exact) mass is 395 g/mol. The average Bonchev–Trinajstić information content (AvgIpc) is 2.97. The highest BCUT2D eigenvalue weighted by Gasteiger charge is 2.39. The van der Waals surface area contributed by atoms with Crippen LogP contribution in [0.25, 0.3) is 10.9 Å². The summed E-state index contributed by atoms with van der Waals surface area (Å²) in [6.07, 6.45) is -2.19. The highest BCUT2D eigenvalue weighted by Crippen LogP contribution is 2.32. The van der Waals surface area contributed by atoms with Gasteiger partial charge in [-0.15, -0.1) is 0 Å². The number of rotatable bonds is 4. The minimum Gasteiger partial charge on any atom is -0.388 e. The summed E-state index contributed by atoms with van der Waals surface area (Å²) in [7, 11) is 0. The number of nitrogens with two attached hydrogens (primary N) is 1. The van der Waals surface area contributed by atoms with Crippen LogP contribution in [0.5, 0.6) is 0 Å². The molecule has 0 amide bonds. The maximum atomic E-state index is 11.1. The van der Waals surface area contributed by atoms with Gasteiger partial charge in [-0.2, -0.15) is 5.10 Å². The standard InChI is InChI=1S/C15H17N5O6S/c16-15(27)18-17-4-7-5-19(14-13(23)12(22)11(21)6-26-14)10-3-8(20(24)25)1-2-9(7)10/h1-5,11-14,21-23H,6H2,(H3,16,18,27)/b17-4-/t11-,12-,13+,14+/m0/s1. The molecule has 0 spiro atoms. The lowest BCUT2D eigenvalue weighted by Gasteiger charge is -2.36. The number of ether oxygens (including phenoxy) is 1. The van der Waals surface area contributed by atoms with Crippen LogP contribution in [0.4, 0.5) is 5.69 Å². The van der Waals surface area contributed by atoms with E-state index in [0.29, 0.717) is 16.5 Å². The molecule has 2 heterocycles. The van der Waals surface area contributed by atoms with Gasteiger partial charge in [0.25, 0.3) is 5.69 Å². The van der Waals surface area contributed by atoms with Gasteiger partial charge in [0.2, 0.25) is 0 Å². The van der Waals surface area contributed by atoms with Crippen LogP contribution in [0.1, 0.15) is 11.8 Å². The SMILES string of the molecule is NC(=S)N/N=C\c1cn([C@@H]2OC[C@H](O)[C@H](O)[C@H]2O)c2cc([N+](=O)[O-])ccc12. The smallest absolute Gasteiger partial charge is 0.271 e. The molecule has 1 aliphatic heterocycles. The van der Waals surface area contributed by atoms with Crippen molar-refractivity contribution in [3.63, 3.8) is 0 Å². The van der Waals surface area contributed by atoms with Gasteiger partial charge in [-0.1, -0.05) is 0 Å². The van der Waals surface area contributed by atoms with E-state index in [0.717, 1.165) is 0 Å². The Labute approximate surface area is 157 Å². The van der Waals surface area contributed by atoms with Crippen LogP contribution >= 0.6 is 12.2 Å². The van der Waals surface area contributed by atoms with Crippen molar-refractivity contribution in [2.24, 2.45) is 10.8 Å². The molecule has 11 nitrogen and oxygen atoms in total. The number of hydrogen-bond donors (Lipinski definition) is 5. The highest BCUT2D eigenvalue weighted by molar-refractivity contribution is 7.80. The quantitative estimate of drug-likeness (QED) is 0.195. The van der Waals surface area contributed by atoms with E-state index in [1.807, 2.05) is 0 Å². The van der Waals surface area contributed by atoms with Crippen LogP contribution in [0, 0.1) is 10.1 Å². The third-order valence-electron chi connectivity index (χ3n) is 4.19. The van der Waals surface area contributed by atoms with Crippen molar-refractivity contribution in [1.82, 2.24) is 9.99 Å². The third kappa shape index (κ3) is 3.74. The Kier molecular flexibility index (Phi) is 5.34. The minimum atomic E-state index is -1.44. The Morgan fingerprint density at radius 1 is 1.44 bits per heavy atom. The number of aliphatic hydroxyl groups is 3. The Morgan fingerprint density at radius 3 is 2.85 bits per heavy atom. The van der Waals surface area contributed by atoms with Gasteiger partial charge in [-0.3, -0.25) is 15.5 Å². The van der Waals surface area contributed by atoms with Gasteiger partial charge in [0, 0.05) is 29.3 Å². The molecule has 2 aromatic rings. The van der Waals surface area contributed by atoms with Crippen molar-refractivity contribution in [2.75, 3.05) is 6.61 Å². The summed E-state index contributed by atoms with van der Waals surface area (Å²) in [6, 6.07) is 4.19. The number of thiocarbonyl (C=S) groups is 1. The third-order valence-corrected chi connectivity index (χ3v) is 4.28. The molecule has 1 saturated heterocycles. The van der Waals surface area contributed by atoms with E-state index >= 15 is 0 Å². The molecule has 0 saturated carbocycles. The van der Waals surface area contributed by atoms with E-state index in [-0.39, 0.29) is 17.4 Å². The maximum Gasteiger partial charge on any atom is 0.271 e. The molecule has 27 heavy (non-hydrogen) atoms. The van der Waals surface area contributed by atoms with Crippen LogP contribution in [0.3, 0.4) is 0 Å². The zero-order valence-electron chi connectivity index (χ0n) is 13.8. The zero-order chi connectivity index (χ0) is 19.7. The first-order valence-electron chi connectivity index (χ1n) is 7.83. The molecule has 0 bridgehead atoms. The number of nitro benzene ring substituents is 1. The first-order valence-corrected chi connectivity index (χ1v) is 8.23. The van der Waals surface area contributed by atoms with Crippen LogP contribution in [-0.4, -0.2) is 61.1 Å². The Morgan fingerprint density at radius 2 is 2.19 bits per heavy atom. The van der Waals surface area contributed by atoms with Crippen molar-refractivity contribution in [1.29, 1.82) is 0 Å². The predicted octanol–water partition coefficient (Wildman–Crippen LogP) is -0.672. The van der Waals surface area contributed by atoms with Crippen LogP contribution in [-0.2, 0) is 4.74 Å². The van der Waals surface area contributed by atoms with Gasteiger partial charge >= 0.3 is 0 Å². The fourth-order valence-electron chi connectivity index (χ4n) is 2.89. The summed E-state index contributed by atoms with van der Waals surface area (Å²) in [5, 5.41) is 45.4. The van der Waals surface area contributed by atoms with Gasteiger partial charge in [-0.05, 0) is 18.3 Å². The van der Waals surface area contributed by atoms with E-state index < -0.39 is 29.5 Å². The molecule has 4 atom stereocenters. The Hall–Kier alpha value is -2.64. The maximum absolute atomic E-state index is 11.1. The van der Waals surface area contributed by atoms with E-state index in [1.165, 1.54) is 29.0 Å². The number of benzene rings is 1. The summed E-state index contributed by atoms with van der Waals surface area (Å²) in [5.74, 6) is 0. The van der Waals surface area contributed by atoms with Crippen LogP contribution in [0.15, 0.2) is 29.5 Å². The lowest BCUT2D eigenvalue weighted by atomic mass is 10.0. The fourth-order valence-corrected chi connectivity index (χ4v) is 2.95. The van der Waals surface area contributed by atoms with Gasteiger partial charge in [0.1, 0.15) is 18.3 Å². The van der Waals surface area contributed by atoms with Crippen molar-refractivity contribution in [3.8, 4) is 0 Å². The molecule has 0 radical (unpaired) electrons. The predicted molar refractivity (Wildman–Crippen MR) is 99.1 cm³/mol. The summed E-state index contributed by atoms with van der Waals surface area (Å²) < 4.78 is 6.90. The molecular weight excluding hydrogens is 378 g/mol. The molecule has 1 aromatic heterocycles. The molecule has 6 N–H and O–H groups in total. The summed E-state index contributed by atoms with van der Waals surface area (Å²) in [6.45, 7) is -0.204. The molecule has 3 rings (SSSR count). The lowest BCUT2D eigenvalue weighted by Crippen LogP contribution is -2.50. The van der Waals surface area contributed by atoms with E-state index in [9.17, 15) is 25.4 Å². The summed E-state index contributed by atoms with van der Waals surface area (Å²) in [4.78, 5) is 10.6. The fraction of sp³-hybridized carbons (Fsp3) is 0.333. The second-order valence-corrected chi connectivity index (χ2v) is 6.40. The molecule has 1 fully saturated rings. The van der Waals surface area contributed by atoms with Gasteiger partial charge in [0.05, 0.1) is 23.3 Å². The van der Waals surface area contributed by atoms with Crippen molar-refractivity contribution in [2.45, 2.75) is 24.5 Å². The normalized spacial score (nSPS) is 25.7. The number of nitrogens with one attached hydrogen (secondary N) is 1. The topological polar surface area (TPSA) is 168 Å². The zero-order valence-corrected chi connectivity index (χ0v) is 14.6.